The normalized spacial score (nSPS) is 19.4. The molecule has 12 heavy (non-hydrogen) atoms. The molecule has 0 amide bonds. The van der Waals surface area contributed by atoms with Crippen LogP contribution in [0.25, 0.3) is 0 Å². The molecule has 1 aromatic rings. The van der Waals surface area contributed by atoms with E-state index in [-0.39, 0.29) is 0 Å². The van der Waals surface area contributed by atoms with Crippen molar-refractivity contribution in [2.75, 3.05) is 6.54 Å². The lowest BCUT2D eigenvalue weighted by molar-refractivity contribution is 0.444. The Bertz CT molecular complexity index is 239. The second-order valence-corrected chi connectivity index (χ2v) is 3.88. The molecule has 0 spiro atoms. The maximum Gasteiger partial charge on any atom is 0.180 e. The highest BCUT2D eigenvalue weighted by atomic mass is 16.3. The molecule has 1 heterocycles. The standard InChI is InChI=1S/C9H14N2O/c1-9(2-3-9)6-10-4-8-5-11-7-12-8/h5,7,10H,2-4,6H2,1H3. The molecule has 1 aliphatic rings. The minimum Gasteiger partial charge on any atom is -0.447 e. The maximum atomic E-state index is 5.10. The van der Waals surface area contributed by atoms with Gasteiger partial charge in [-0.2, -0.15) is 0 Å². The van der Waals surface area contributed by atoms with Crippen molar-refractivity contribution < 1.29 is 4.42 Å². The first-order valence-corrected chi connectivity index (χ1v) is 4.37. The molecular formula is C9H14N2O. The van der Waals surface area contributed by atoms with Crippen LogP contribution in [-0.2, 0) is 6.54 Å². The Morgan fingerprint density at radius 1 is 1.67 bits per heavy atom. The molecule has 1 saturated carbocycles. The van der Waals surface area contributed by atoms with Crippen molar-refractivity contribution in [1.29, 1.82) is 0 Å². The highest BCUT2D eigenvalue weighted by molar-refractivity contribution is 4.92. The fraction of sp³-hybridized carbons (Fsp3) is 0.667. The molecule has 0 unspecified atom stereocenters. The van der Waals surface area contributed by atoms with Crippen LogP contribution in [0, 0.1) is 5.41 Å². The molecule has 1 aromatic heterocycles. The van der Waals surface area contributed by atoms with Crippen molar-refractivity contribution in [3.05, 3.63) is 18.4 Å². The molecular weight excluding hydrogens is 152 g/mol. The van der Waals surface area contributed by atoms with Crippen LogP contribution >= 0.6 is 0 Å². The van der Waals surface area contributed by atoms with Crippen LogP contribution in [0.5, 0.6) is 0 Å². The number of oxazole rings is 1. The topological polar surface area (TPSA) is 38.1 Å². The summed E-state index contributed by atoms with van der Waals surface area (Å²) in [5, 5.41) is 3.36. The number of aromatic nitrogens is 1. The molecule has 66 valence electrons. The Labute approximate surface area is 72.2 Å². The Morgan fingerprint density at radius 3 is 3.08 bits per heavy atom. The summed E-state index contributed by atoms with van der Waals surface area (Å²) >= 11 is 0. The summed E-state index contributed by atoms with van der Waals surface area (Å²) in [5.74, 6) is 0.916. The van der Waals surface area contributed by atoms with E-state index in [1.165, 1.54) is 19.2 Å². The van der Waals surface area contributed by atoms with E-state index in [0.717, 1.165) is 18.8 Å². The SMILES string of the molecule is CC1(CNCc2cnco2)CC1. The predicted molar refractivity (Wildman–Crippen MR) is 45.6 cm³/mol. The van der Waals surface area contributed by atoms with Gasteiger partial charge in [0, 0.05) is 6.54 Å². The molecule has 0 saturated heterocycles. The van der Waals surface area contributed by atoms with Crippen molar-refractivity contribution in [2.24, 2.45) is 5.41 Å². The molecule has 1 N–H and O–H groups in total. The van der Waals surface area contributed by atoms with Gasteiger partial charge in [-0.25, -0.2) is 4.98 Å². The second kappa shape index (κ2) is 2.90. The van der Waals surface area contributed by atoms with Gasteiger partial charge in [-0.3, -0.25) is 0 Å². The average molecular weight is 166 g/mol. The van der Waals surface area contributed by atoms with Crippen molar-refractivity contribution in [1.82, 2.24) is 10.3 Å². The molecule has 0 bridgehead atoms. The third-order valence-electron chi connectivity index (χ3n) is 2.44. The molecule has 0 aliphatic heterocycles. The first-order chi connectivity index (χ1) is 5.79. The minimum atomic E-state index is 0.569. The lowest BCUT2D eigenvalue weighted by Crippen LogP contribution is -2.21. The number of hydrogen-bond donors (Lipinski definition) is 1. The van der Waals surface area contributed by atoms with Crippen LogP contribution in [0.15, 0.2) is 17.0 Å². The van der Waals surface area contributed by atoms with Crippen molar-refractivity contribution >= 4 is 0 Å². The quantitative estimate of drug-likeness (QED) is 0.737. The summed E-state index contributed by atoms with van der Waals surface area (Å²) in [5.41, 5.74) is 0.569. The summed E-state index contributed by atoms with van der Waals surface area (Å²) in [4.78, 5) is 3.85. The van der Waals surface area contributed by atoms with E-state index in [2.05, 4.69) is 17.2 Å². The molecule has 0 atom stereocenters. The largest absolute Gasteiger partial charge is 0.447 e. The lowest BCUT2D eigenvalue weighted by atomic mass is 10.1. The van der Waals surface area contributed by atoms with Gasteiger partial charge >= 0.3 is 0 Å². The zero-order valence-electron chi connectivity index (χ0n) is 7.34. The van der Waals surface area contributed by atoms with Crippen LogP contribution in [0.4, 0.5) is 0 Å². The minimum absolute atomic E-state index is 0.569. The van der Waals surface area contributed by atoms with Gasteiger partial charge in [0.05, 0.1) is 12.7 Å². The van der Waals surface area contributed by atoms with E-state index >= 15 is 0 Å². The zero-order chi connectivity index (χ0) is 8.44. The molecule has 0 radical (unpaired) electrons. The Balaban J connectivity index is 1.69. The molecule has 2 rings (SSSR count). The zero-order valence-corrected chi connectivity index (χ0v) is 7.34. The van der Waals surface area contributed by atoms with Gasteiger partial charge in [0.25, 0.3) is 0 Å². The third kappa shape index (κ3) is 1.85. The predicted octanol–water partition coefficient (Wildman–Crippen LogP) is 1.56. The van der Waals surface area contributed by atoms with Gasteiger partial charge in [-0.1, -0.05) is 6.92 Å². The Morgan fingerprint density at radius 2 is 2.50 bits per heavy atom. The molecule has 3 heteroatoms. The monoisotopic (exact) mass is 166 g/mol. The van der Waals surface area contributed by atoms with Crippen LogP contribution < -0.4 is 5.32 Å². The van der Waals surface area contributed by atoms with E-state index in [1.807, 2.05) is 0 Å². The lowest BCUT2D eigenvalue weighted by Gasteiger charge is -2.07. The van der Waals surface area contributed by atoms with E-state index in [0.29, 0.717) is 5.41 Å². The van der Waals surface area contributed by atoms with Gasteiger partial charge in [0.2, 0.25) is 0 Å². The van der Waals surface area contributed by atoms with Crippen molar-refractivity contribution in [3.8, 4) is 0 Å². The van der Waals surface area contributed by atoms with E-state index in [9.17, 15) is 0 Å². The van der Waals surface area contributed by atoms with Gasteiger partial charge < -0.3 is 9.73 Å². The fourth-order valence-corrected chi connectivity index (χ4v) is 1.21. The van der Waals surface area contributed by atoms with Crippen LogP contribution in [-0.4, -0.2) is 11.5 Å². The first kappa shape index (κ1) is 7.80. The third-order valence-corrected chi connectivity index (χ3v) is 2.44. The molecule has 1 fully saturated rings. The van der Waals surface area contributed by atoms with Crippen LogP contribution in [0.3, 0.4) is 0 Å². The molecule has 0 aromatic carbocycles. The highest BCUT2D eigenvalue weighted by Crippen LogP contribution is 2.44. The van der Waals surface area contributed by atoms with Crippen molar-refractivity contribution in [2.45, 2.75) is 26.3 Å². The van der Waals surface area contributed by atoms with Gasteiger partial charge in [-0.15, -0.1) is 0 Å². The number of nitrogens with one attached hydrogen (secondary N) is 1. The van der Waals surface area contributed by atoms with Gasteiger partial charge in [0.15, 0.2) is 6.39 Å². The van der Waals surface area contributed by atoms with E-state index in [4.69, 9.17) is 4.42 Å². The summed E-state index contributed by atoms with van der Waals surface area (Å²) < 4.78 is 5.10. The van der Waals surface area contributed by atoms with Crippen LogP contribution in [0.1, 0.15) is 25.5 Å². The molecule has 1 aliphatic carbocycles. The van der Waals surface area contributed by atoms with E-state index in [1.54, 1.807) is 6.20 Å². The summed E-state index contributed by atoms with van der Waals surface area (Å²) in [6.45, 7) is 4.20. The van der Waals surface area contributed by atoms with E-state index < -0.39 is 0 Å². The second-order valence-electron chi connectivity index (χ2n) is 3.88. The first-order valence-electron chi connectivity index (χ1n) is 4.37. The fourth-order valence-electron chi connectivity index (χ4n) is 1.21. The van der Waals surface area contributed by atoms with Gasteiger partial charge in [0.1, 0.15) is 5.76 Å². The maximum absolute atomic E-state index is 5.10. The summed E-state index contributed by atoms with van der Waals surface area (Å²) in [7, 11) is 0. The van der Waals surface area contributed by atoms with Crippen LogP contribution in [0.2, 0.25) is 0 Å². The Hall–Kier alpha value is -0.830. The number of nitrogens with zero attached hydrogens (tertiary/aromatic N) is 1. The summed E-state index contributed by atoms with van der Waals surface area (Å²) in [6, 6.07) is 0. The van der Waals surface area contributed by atoms with Gasteiger partial charge in [-0.05, 0) is 18.3 Å². The Kier molecular flexibility index (Phi) is 1.89. The highest BCUT2D eigenvalue weighted by Gasteiger charge is 2.36. The average Bonchev–Trinajstić information content (AvgIpc) is 2.61. The number of hydrogen-bond acceptors (Lipinski definition) is 3. The smallest absolute Gasteiger partial charge is 0.180 e. The summed E-state index contributed by atoms with van der Waals surface area (Å²) in [6.07, 6.45) is 5.94. The van der Waals surface area contributed by atoms with Crippen molar-refractivity contribution in [3.63, 3.8) is 0 Å². The number of rotatable bonds is 4. The molecule has 3 nitrogen and oxygen atoms in total.